The molecule has 6 rings (SSSR count). The van der Waals surface area contributed by atoms with E-state index < -0.39 is 0 Å². The zero-order valence-corrected chi connectivity index (χ0v) is 21.7. The van der Waals surface area contributed by atoms with Crippen LogP contribution in [-0.2, 0) is 0 Å². The van der Waals surface area contributed by atoms with E-state index in [1.165, 1.54) is 11.4 Å². The lowest BCUT2D eigenvalue weighted by molar-refractivity contribution is 0.312. The number of nitrogens with zero attached hydrogens (tertiary/aromatic N) is 8. The van der Waals surface area contributed by atoms with Gasteiger partial charge in [-0.05, 0) is 56.6 Å². The van der Waals surface area contributed by atoms with Crippen LogP contribution in [0.5, 0.6) is 0 Å². The fraction of sp³-hybridized carbons (Fsp3) is 0.357. The highest BCUT2D eigenvalue weighted by molar-refractivity contribution is 5.82. The SMILES string of the molecule is CN1CCN(c2cc(N3CCN(C)CC3)cc(N(c3cccc(N)c3)c3ccnc4ccnn34)c2)CC1. The van der Waals surface area contributed by atoms with Gasteiger partial charge in [-0.25, -0.2) is 4.98 Å². The monoisotopic (exact) mass is 497 g/mol. The van der Waals surface area contributed by atoms with E-state index in [4.69, 9.17) is 5.73 Å². The number of fused-ring (bicyclic) bond motifs is 1. The summed E-state index contributed by atoms with van der Waals surface area (Å²) in [6.07, 6.45) is 3.64. The molecule has 9 heteroatoms. The number of hydrogen-bond donors (Lipinski definition) is 1. The standard InChI is InChI=1S/C28H35N9/c1-32-10-14-34(15-11-32)24-19-25(35-16-12-33(2)13-17-35)21-26(20-24)36(23-5-3-4-22(29)18-23)28-7-8-30-27-6-9-31-37(27)28/h3-9,18-21H,10-17,29H2,1-2H3. The summed E-state index contributed by atoms with van der Waals surface area (Å²) in [7, 11) is 4.40. The number of anilines is 6. The molecule has 4 aromatic rings. The Morgan fingerprint density at radius 3 is 1.97 bits per heavy atom. The first-order valence-corrected chi connectivity index (χ1v) is 13.0. The molecule has 0 spiro atoms. The van der Waals surface area contributed by atoms with E-state index >= 15 is 0 Å². The molecule has 192 valence electrons. The van der Waals surface area contributed by atoms with Crippen molar-refractivity contribution in [1.82, 2.24) is 24.4 Å². The summed E-state index contributed by atoms with van der Waals surface area (Å²) in [5, 5.41) is 4.60. The third kappa shape index (κ3) is 4.80. The number of nitrogens with two attached hydrogens (primary N) is 1. The molecule has 2 aliphatic rings. The van der Waals surface area contributed by atoms with Crippen LogP contribution in [0.25, 0.3) is 5.65 Å². The molecule has 4 heterocycles. The quantitative estimate of drug-likeness (QED) is 0.421. The lowest BCUT2D eigenvalue weighted by Gasteiger charge is -2.38. The minimum Gasteiger partial charge on any atom is -0.399 e. The van der Waals surface area contributed by atoms with Gasteiger partial charge in [0.25, 0.3) is 0 Å². The van der Waals surface area contributed by atoms with Crippen LogP contribution >= 0.6 is 0 Å². The maximum atomic E-state index is 6.28. The molecule has 0 atom stereocenters. The fourth-order valence-corrected chi connectivity index (χ4v) is 5.27. The molecule has 2 aromatic heterocycles. The Morgan fingerprint density at radius 1 is 0.703 bits per heavy atom. The Labute approximate surface area is 218 Å². The zero-order chi connectivity index (χ0) is 25.4. The number of benzene rings is 2. The van der Waals surface area contributed by atoms with Crippen molar-refractivity contribution in [3.8, 4) is 0 Å². The molecule has 2 saturated heterocycles. The number of nitrogen functional groups attached to an aromatic ring is 1. The van der Waals surface area contributed by atoms with Crippen LogP contribution in [0.4, 0.5) is 34.3 Å². The highest BCUT2D eigenvalue weighted by Gasteiger charge is 2.23. The predicted molar refractivity (Wildman–Crippen MR) is 152 cm³/mol. The van der Waals surface area contributed by atoms with Crippen LogP contribution in [0.3, 0.4) is 0 Å². The van der Waals surface area contributed by atoms with Gasteiger partial charge >= 0.3 is 0 Å². The molecule has 0 saturated carbocycles. The molecule has 0 aliphatic carbocycles. The van der Waals surface area contributed by atoms with E-state index in [2.05, 4.69) is 72.9 Å². The minimum absolute atomic E-state index is 0.725. The van der Waals surface area contributed by atoms with Crippen LogP contribution in [0.1, 0.15) is 0 Å². The van der Waals surface area contributed by atoms with E-state index in [1.54, 1.807) is 6.20 Å². The van der Waals surface area contributed by atoms with Crippen molar-refractivity contribution < 1.29 is 0 Å². The van der Waals surface area contributed by atoms with Crippen molar-refractivity contribution in [3.63, 3.8) is 0 Å². The van der Waals surface area contributed by atoms with Crippen LogP contribution in [0, 0.1) is 0 Å². The molecule has 2 aromatic carbocycles. The number of aromatic nitrogens is 3. The van der Waals surface area contributed by atoms with Crippen LogP contribution in [0.15, 0.2) is 67.0 Å². The molecular weight excluding hydrogens is 462 g/mol. The van der Waals surface area contributed by atoms with Gasteiger partial charge in [0.05, 0.1) is 11.9 Å². The Balaban J connectivity index is 1.51. The first kappa shape index (κ1) is 23.6. The van der Waals surface area contributed by atoms with E-state index in [1.807, 2.05) is 41.0 Å². The Hall–Kier alpha value is -3.82. The second-order valence-electron chi connectivity index (χ2n) is 10.1. The average molecular weight is 498 g/mol. The van der Waals surface area contributed by atoms with Gasteiger partial charge in [-0.3, -0.25) is 4.90 Å². The normalized spacial score (nSPS) is 17.5. The first-order valence-electron chi connectivity index (χ1n) is 13.0. The number of likely N-dealkylation sites (N-methyl/N-ethyl adjacent to an activating group) is 2. The van der Waals surface area contributed by atoms with Crippen molar-refractivity contribution >= 4 is 39.9 Å². The highest BCUT2D eigenvalue weighted by Crippen LogP contribution is 2.39. The highest BCUT2D eigenvalue weighted by atomic mass is 15.4. The number of rotatable bonds is 5. The van der Waals surface area contributed by atoms with Gasteiger partial charge in [0.2, 0.25) is 0 Å². The predicted octanol–water partition coefficient (Wildman–Crippen LogP) is 3.28. The molecule has 0 unspecified atom stereocenters. The smallest absolute Gasteiger partial charge is 0.157 e. The summed E-state index contributed by atoms with van der Waals surface area (Å²) in [6, 6.07) is 19.0. The van der Waals surface area contributed by atoms with E-state index in [9.17, 15) is 0 Å². The Morgan fingerprint density at radius 2 is 1.35 bits per heavy atom. The second kappa shape index (κ2) is 9.91. The van der Waals surface area contributed by atoms with Crippen molar-refractivity contribution in [3.05, 3.63) is 67.0 Å². The van der Waals surface area contributed by atoms with Crippen LogP contribution < -0.4 is 20.4 Å². The van der Waals surface area contributed by atoms with Crippen LogP contribution in [0.2, 0.25) is 0 Å². The van der Waals surface area contributed by atoms with Crippen molar-refractivity contribution in [2.45, 2.75) is 0 Å². The van der Waals surface area contributed by atoms with Gasteiger partial charge in [0.15, 0.2) is 5.65 Å². The van der Waals surface area contributed by atoms with Gasteiger partial charge in [-0.15, -0.1) is 0 Å². The third-order valence-electron chi connectivity index (χ3n) is 7.51. The van der Waals surface area contributed by atoms with Crippen molar-refractivity contribution in [2.75, 3.05) is 86.9 Å². The summed E-state index contributed by atoms with van der Waals surface area (Å²) in [5.41, 5.74) is 12.4. The van der Waals surface area contributed by atoms with E-state index in [-0.39, 0.29) is 0 Å². The van der Waals surface area contributed by atoms with Gasteiger partial charge in [-0.1, -0.05) is 6.07 Å². The summed E-state index contributed by atoms with van der Waals surface area (Å²) >= 11 is 0. The molecule has 37 heavy (non-hydrogen) atoms. The van der Waals surface area contributed by atoms with E-state index in [0.717, 1.165) is 80.9 Å². The summed E-state index contributed by atoms with van der Waals surface area (Å²) in [6.45, 7) is 8.30. The molecule has 0 radical (unpaired) electrons. The van der Waals surface area contributed by atoms with Crippen LogP contribution in [-0.4, -0.2) is 90.9 Å². The summed E-state index contributed by atoms with van der Waals surface area (Å²) < 4.78 is 1.89. The minimum atomic E-state index is 0.725. The van der Waals surface area contributed by atoms with Gasteiger partial charge in [0.1, 0.15) is 5.82 Å². The van der Waals surface area contributed by atoms with Gasteiger partial charge in [0, 0.05) is 87.4 Å². The fourth-order valence-electron chi connectivity index (χ4n) is 5.27. The Kier molecular flexibility index (Phi) is 6.31. The first-order chi connectivity index (χ1) is 18.0. The molecule has 0 amide bonds. The topological polar surface area (TPSA) is 72.4 Å². The summed E-state index contributed by atoms with van der Waals surface area (Å²) in [5.74, 6) is 0.917. The molecule has 2 fully saturated rings. The van der Waals surface area contributed by atoms with E-state index in [0.29, 0.717) is 0 Å². The van der Waals surface area contributed by atoms with Crippen molar-refractivity contribution in [2.24, 2.45) is 0 Å². The van der Waals surface area contributed by atoms with Gasteiger partial charge in [-0.2, -0.15) is 9.61 Å². The Bertz CT molecular complexity index is 1330. The maximum Gasteiger partial charge on any atom is 0.157 e. The molecule has 2 N–H and O–H groups in total. The lowest BCUT2D eigenvalue weighted by atomic mass is 10.1. The molecular formula is C28H35N9. The largest absolute Gasteiger partial charge is 0.399 e. The van der Waals surface area contributed by atoms with Crippen molar-refractivity contribution in [1.29, 1.82) is 0 Å². The molecule has 0 bridgehead atoms. The second-order valence-corrected chi connectivity index (χ2v) is 10.1. The number of hydrogen-bond acceptors (Lipinski definition) is 8. The van der Waals surface area contributed by atoms with Gasteiger partial charge < -0.3 is 25.3 Å². The summed E-state index contributed by atoms with van der Waals surface area (Å²) in [4.78, 5) is 16.6. The number of piperazine rings is 2. The zero-order valence-electron chi connectivity index (χ0n) is 21.7. The molecule has 2 aliphatic heterocycles. The lowest BCUT2D eigenvalue weighted by Crippen LogP contribution is -2.45. The third-order valence-corrected chi connectivity index (χ3v) is 7.51. The maximum absolute atomic E-state index is 6.28. The molecule has 9 nitrogen and oxygen atoms in total. The average Bonchev–Trinajstić information content (AvgIpc) is 3.40.